The highest BCUT2D eigenvalue weighted by atomic mass is 35.5. The van der Waals surface area contributed by atoms with Crippen LogP contribution >= 0.6 is 11.6 Å². The Hall–Kier alpha value is -1.74. The van der Waals surface area contributed by atoms with Crippen LogP contribution < -0.4 is 0 Å². The highest BCUT2D eigenvalue weighted by molar-refractivity contribution is 6.30. The lowest BCUT2D eigenvalue weighted by molar-refractivity contribution is 0.0988. The minimum Gasteiger partial charge on any atom is -0.292 e. The topological polar surface area (TPSA) is 30.0 Å². The quantitative estimate of drug-likeness (QED) is 0.782. The summed E-state index contributed by atoms with van der Waals surface area (Å²) in [5.74, 6) is -0.597. The molecule has 2 nitrogen and oxygen atoms in total. The molecule has 0 N–H and O–H groups in total. The van der Waals surface area contributed by atoms with Crippen molar-refractivity contribution in [3.8, 4) is 0 Å². The summed E-state index contributed by atoms with van der Waals surface area (Å²) in [6.07, 6.45) is 1.27. The molecule has 0 radical (unpaired) electrons. The molecule has 0 unspecified atom stereocenters. The van der Waals surface area contributed by atoms with Gasteiger partial charge in [-0.15, -0.1) is 0 Å². The Labute approximate surface area is 103 Å². The maximum Gasteiger partial charge on any atom is 0.185 e. The third-order valence-corrected chi connectivity index (χ3v) is 2.54. The summed E-state index contributed by atoms with van der Waals surface area (Å²) in [4.78, 5) is 15.5. The van der Waals surface area contributed by atoms with Crippen LogP contribution in [0.25, 0.3) is 0 Å². The highest BCUT2D eigenvalue weighted by Gasteiger charge is 2.08. The molecule has 1 heterocycles. The van der Waals surface area contributed by atoms with E-state index in [-0.39, 0.29) is 17.9 Å². The first-order valence-corrected chi connectivity index (χ1v) is 5.42. The van der Waals surface area contributed by atoms with E-state index in [1.165, 1.54) is 12.1 Å². The van der Waals surface area contributed by atoms with Crippen molar-refractivity contribution in [3.05, 3.63) is 64.7 Å². The van der Waals surface area contributed by atoms with Crippen molar-refractivity contribution in [3.63, 3.8) is 0 Å². The summed E-state index contributed by atoms with van der Waals surface area (Å²) in [6.45, 7) is 0. The molecule has 2 rings (SSSR count). The van der Waals surface area contributed by atoms with E-state index in [0.717, 1.165) is 11.8 Å². The highest BCUT2D eigenvalue weighted by Crippen LogP contribution is 2.11. The molecular formula is C13H9ClFNO. The number of Topliss-reactive ketones (excluding diaryl/α,β-unsaturated/α-hetero) is 1. The minimum absolute atomic E-state index is 0.146. The van der Waals surface area contributed by atoms with Gasteiger partial charge in [0.2, 0.25) is 0 Å². The number of rotatable bonds is 3. The molecule has 0 bridgehead atoms. The van der Waals surface area contributed by atoms with E-state index < -0.39 is 5.82 Å². The van der Waals surface area contributed by atoms with Crippen LogP contribution in [0.2, 0.25) is 5.02 Å². The molecule has 86 valence electrons. The van der Waals surface area contributed by atoms with Crippen molar-refractivity contribution in [2.75, 3.05) is 0 Å². The molecule has 0 spiro atoms. The summed E-state index contributed by atoms with van der Waals surface area (Å²) in [5.41, 5.74) is 1.12. The van der Waals surface area contributed by atoms with Gasteiger partial charge in [0.1, 0.15) is 11.5 Å². The first kappa shape index (κ1) is 11.7. The number of pyridine rings is 1. The van der Waals surface area contributed by atoms with Gasteiger partial charge in [-0.25, -0.2) is 4.39 Å². The normalized spacial score (nSPS) is 10.2. The van der Waals surface area contributed by atoms with Crippen molar-refractivity contribution in [1.29, 1.82) is 0 Å². The maximum atomic E-state index is 12.6. The number of hydrogen-bond donors (Lipinski definition) is 0. The lowest BCUT2D eigenvalue weighted by Crippen LogP contribution is -2.05. The van der Waals surface area contributed by atoms with E-state index in [1.54, 1.807) is 24.3 Å². The Balaban J connectivity index is 2.11. The van der Waals surface area contributed by atoms with Gasteiger partial charge in [0.05, 0.1) is 6.20 Å². The molecule has 2 aromatic rings. The molecule has 0 fully saturated rings. The molecule has 0 amide bonds. The molecule has 0 saturated heterocycles. The monoisotopic (exact) mass is 249 g/mol. The average molecular weight is 250 g/mol. The number of carbonyl (C=O) groups excluding carboxylic acids is 1. The standard InChI is InChI=1S/C13H9ClFNO/c14-10-3-1-9(2-4-10)7-13(17)12-6-5-11(15)8-16-12/h1-6,8H,7H2. The average Bonchev–Trinajstić information content (AvgIpc) is 2.33. The van der Waals surface area contributed by atoms with Gasteiger partial charge in [-0.05, 0) is 29.8 Å². The second-order valence-electron chi connectivity index (χ2n) is 3.59. The summed E-state index contributed by atoms with van der Waals surface area (Å²) in [5, 5.41) is 0.626. The summed E-state index contributed by atoms with van der Waals surface area (Å²) in [7, 11) is 0. The Morgan fingerprint density at radius 2 is 1.88 bits per heavy atom. The largest absolute Gasteiger partial charge is 0.292 e. The van der Waals surface area contributed by atoms with Crippen molar-refractivity contribution in [2.24, 2.45) is 0 Å². The number of carbonyl (C=O) groups is 1. The van der Waals surface area contributed by atoms with Crippen LogP contribution in [0.1, 0.15) is 16.1 Å². The number of aromatic nitrogens is 1. The van der Waals surface area contributed by atoms with Crippen LogP contribution in [-0.4, -0.2) is 10.8 Å². The summed E-state index contributed by atoms with van der Waals surface area (Å²) < 4.78 is 12.6. The number of ketones is 1. The number of benzene rings is 1. The van der Waals surface area contributed by atoms with E-state index in [2.05, 4.69) is 4.98 Å². The summed E-state index contributed by atoms with van der Waals surface area (Å²) in [6, 6.07) is 9.62. The molecule has 1 aromatic heterocycles. The van der Waals surface area contributed by atoms with E-state index in [4.69, 9.17) is 11.6 Å². The Kier molecular flexibility index (Phi) is 3.49. The predicted octanol–water partition coefficient (Wildman–Crippen LogP) is 3.30. The van der Waals surface area contributed by atoms with Gasteiger partial charge < -0.3 is 0 Å². The van der Waals surface area contributed by atoms with Crippen LogP contribution in [0.3, 0.4) is 0 Å². The lowest BCUT2D eigenvalue weighted by Gasteiger charge is -2.01. The molecule has 17 heavy (non-hydrogen) atoms. The third-order valence-electron chi connectivity index (χ3n) is 2.29. The van der Waals surface area contributed by atoms with Crippen LogP contribution in [0.4, 0.5) is 4.39 Å². The van der Waals surface area contributed by atoms with E-state index in [0.29, 0.717) is 5.02 Å². The SMILES string of the molecule is O=C(Cc1ccc(Cl)cc1)c1ccc(F)cn1. The third kappa shape index (κ3) is 3.11. The van der Waals surface area contributed by atoms with E-state index >= 15 is 0 Å². The molecule has 0 aliphatic rings. The van der Waals surface area contributed by atoms with Crippen LogP contribution in [0.15, 0.2) is 42.6 Å². The van der Waals surface area contributed by atoms with Gasteiger partial charge in [0, 0.05) is 11.4 Å². The van der Waals surface area contributed by atoms with Gasteiger partial charge in [-0.2, -0.15) is 0 Å². The fourth-order valence-corrected chi connectivity index (χ4v) is 1.54. The second kappa shape index (κ2) is 5.06. The van der Waals surface area contributed by atoms with Gasteiger partial charge in [0.15, 0.2) is 5.78 Å². The van der Waals surface area contributed by atoms with Crippen LogP contribution in [0, 0.1) is 5.82 Å². The first-order valence-electron chi connectivity index (χ1n) is 5.04. The summed E-state index contributed by atoms with van der Waals surface area (Å²) >= 11 is 5.74. The maximum absolute atomic E-state index is 12.6. The Bertz CT molecular complexity index is 522. The second-order valence-corrected chi connectivity index (χ2v) is 4.02. The molecule has 4 heteroatoms. The van der Waals surface area contributed by atoms with Gasteiger partial charge >= 0.3 is 0 Å². The number of hydrogen-bond acceptors (Lipinski definition) is 2. The molecule has 0 aliphatic heterocycles. The predicted molar refractivity (Wildman–Crippen MR) is 63.7 cm³/mol. The van der Waals surface area contributed by atoms with E-state index in [9.17, 15) is 9.18 Å². The molecule has 1 aromatic carbocycles. The van der Waals surface area contributed by atoms with Gasteiger partial charge in [-0.3, -0.25) is 9.78 Å². The first-order chi connectivity index (χ1) is 8.15. The Morgan fingerprint density at radius 3 is 2.47 bits per heavy atom. The zero-order chi connectivity index (χ0) is 12.3. The molecule has 0 atom stereocenters. The fourth-order valence-electron chi connectivity index (χ4n) is 1.42. The molecule has 0 aliphatic carbocycles. The van der Waals surface area contributed by atoms with Crippen LogP contribution in [0.5, 0.6) is 0 Å². The number of nitrogens with zero attached hydrogens (tertiary/aromatic N) is 1. The van der Waals surface area contributed by atoms with Crippen molar-refractivity contribution < 1.29 is 9.18 Å². The van der Waals surface area contributed by atoms with Gasteiger partial charge in [-0.1, -0.05) is 23.7 Å². The van der Waals surface area contributed by atoms with Crippen molar-refractivity contribution in [1.82, 2.24) is 4.98 Å². The van der Waals surface area contributed by atoms with Crippen molar-refractivity contribution >= 4 is 17.4 Å². The minimum atomic E-state index is -0.451. The van der Waals surface area contributed by atoms with Crippen molar-refractivity contribution in [2.45, 2.75) is 6.42 Å². The molecular weight excluding hydrogens is 241 g/mol. The van der Waals surface area contributed by atoms with E-state index in [1.807, 2.05) is 0 Å². The fraction of sp³-hybridized carbons (Fsp3) is 0.0769. The smallest absolute Gasteiger partial charge is 0.185 e. The molecule has 0 saturated carbocycles. The number of halogens is 2. The lowest BCUT2D eigenvalue weighted by atomic mass is 10.1. The van der Waals surface area contributed by atoms with Crippen LogP contribution in [-0.2, 0) is 6.42 Å². The zero-order valence-electron chi connectivity index (χ0n) is 8.86. The van der Waals surface area contributed by atoms with Gasteiger partial charge in [0.25, 0.3) is 0 Å². The Morgan fingerprint density at radius 1 is 1.18 bits per heavy atom. The zero-order valence-corrected chi connectivity index (χ0v) is 9.62.